The van der Waals surface area contributed by atoms with Gasteiger partial charge in [-0.1, -0.05) is 47.6 Å². The zero-order valence-corrected chi connectivity index (χ0v) is 10.5. The molecule has 0 spiro atoms. The van der Waals surface area contributed by atoms with Gasteiger partial charge in [-0.05, 0) is 12.1 Å². The smallest absolute Gasteiger partial charge is 0.187 e. The number of nitrogens with zero attached hydrogens (tertiary/aromatic N) is 1. The summed E-state index contributed by atoms with van der Waals surface area (Å²) in [5.41, 5.74) is 2.23. The highest BCUT2D eigenvalue weighted by Crippen LogP contribution is 2.22. The van der Waals surface area contributed by atoms with Gasteiger partial charge < -0.3 is 4.52 Å². The molecule has 3 aromatic rings. The van der Waals surface area contributed by atoms with Crippen molar-refractivity contribution in [1.29, 1.82) is 0 Å². The van der Waals surface area contributed by atoms with Crippen LogP contribution in [-0.4, -0.2) is 10.7 Å². The van der Waals surface area contributed by atoms with Crippen molar-refractivity contribution in [3.63, 3.8) is 0 Å². The number of hydrogen-bond acceptors (Lipinski definition) is 3. The number of para-hydroxylation sites is 1. The molecule has 0 aliphatic heterocycles. The Bertz CT molecular complexity index is 691. The van der Waals surface area contributed by atoms with Crippen LogP contribution >= 0.6 is 8.58 Å². The van der Waals surface area contributed by atoms with Crippen LogP contribution in [0, 0.1) is 0 Å². The molecule has 0 bridgehead atoms. The fourth-order valence-electron chi connectivity index (χ4n) is 1.75. The lowest BCUT2D eigenvalue weighted by Crippen LogP contribution is -2.02. The molecule has 0 radical (unpaired) electrons. The van der Waals surface area contributed by atoms with Gasteiger partial charge in [-0.25, -0.2) is 0 Å². The molecule has 3 nitrogen and oxygen atoms in total. The summed E-state index contributed by atoms with van der Waals surface area (Å²) >= 11 is 0. The third kappa shape index (κ3) is 2.05. The second-order valence-electron chi connectivity index (χ2n) is 3.85. The molecular formula is C14H10NO2P. The fourth-order valence-corrected chi connectivity index (χ4v) is 2.70. The molecule has 2 aromatic carbocycles. The minimum Gasteiger partial charge on any atom is -0.356 e. The zero-order valence-electron chi connectivity index (χ0n) is 9.46. The van der Waals surface area contributed by atoms with Crippen LogP contribution in [0.4, 0.5) is 0 Å². The van der Waals surface area contributed by atoms with Gasteiger partial charge >= 0.3 is 0 Å². The summed E-state index contributed by atoms with van der Waals surface area (Å²) in [6, 6.07) is 16.8. The topological polar surface area (TPSA) is 43.1 Å². The van der Waals surface area contributed by atoms with E-state index in [1.807, 2.05) is 54.6 Å². The predicted octanol–water partition coefficient (Wildman–Crippen LogP) is 2.97. The van der Waals surface area contributed by atoms with Gasteiger partial charge in [0.2, 0.25) is 0 Å². The monoisotopic (exact) mass is 255 g/mol. The van der Waals surface area contributed by atoms with Gasteiger partial charge in [0.15, 0.2) is 11.1 Å². The Morgan fingerprint density at radius 1 is 1.00 bits per heavy atom. The summed E-state index contributed by atoms with van der Waals surface area (Å²) in [5.74, 6) is 0. The Morgan fingerprint density at radius 3 is 2.56 bits per heavy atom. The van der Waals surface area contributed by atoms with Crippen LogP contribution in [0.2, 0.25) is 0 Å². The lowest BCUT2D eigenvalue weighted by Gasteiger charge is -1.97. The van der Waals surface area contributed by atoms with E-state index in [9.17, 15) is 4.79 Å². The maximum Gasteiger partial charge on any atom is 0.187 e. The maximum absolute atomic E-state index is 12.1. The van der Waals surface area contributed by atoms with Crippen molar-refractivity contribution in [3.05, 3.63) is 60.2 Å². The van der Waals surface area contributed by atoms with E-state index in [4.69, 9.17) is 4.52 Å². The van der Waals surface area contributed by atoms with Gasteiger partial charge in [0.25, 0.3) is 0 Å². The van der Waals surface area contributed by atoms with E-state index in [-0.39, 0.29) is 14.1 Å². The molecule has 18 heavy (non-hydrogen) atoms. The molecule has 1 heterocycles. The highest BCUT2D eigenvalue weighted by Gasteiger charge is 2.13. The molecular weight excluding hydrogens is 245 g/mol. The lowest BCUT2D eigenvalue weighted by atomic mass is 10.2. The van der Waals surface area contributed by atoms with Crippen LogP contribution in [-0.2, 0) is 0 Å². The molecule has 0 fully saturated rings. The largest absolute Gasteiger partial charge is 0.356 e. The van der Waals surface area contributed by atoms with E-state index in [2.05, 4.69) is 5.16 Å². The number of rotatable bonds is 3. The molecule has 0 saturated heterocycles. The fraction of sp³-hybridized carbons (Fsp3) is 0. The van der Waals surface area contributed by atoms with Gasteiger partial charge in [0.05, 0.1) is 0 Å². The second kappa shape index (κ2) is 4.71. The van der Waals surface area contributed by atoms with Crippen molar-refractivity contribution in [1.82, 2.24) is 5.16 Å². The first kappa shape index (κ1) is 11.1. The zero-order chi connectivity index (χ0) is 12.4. The number of carbonyl (C=O) groups excluding carboxylic acids is 1. The summed E-state index contributed by atoms with van der Waals surface area (Å²) in [5, 5.41) is 4.89. The predicted molar refractivity (Wildman–Crippen MR) is 72.7 cm³/mol. The van der Waals surface area contributed by atoms with E-state index in [1.54, 1.807) is 0 Å². The minimum atomic E-state index is -0.00981. The van der Waals surface area contributed by atoms with Gasteiger partial charge in [-0.3, -0.25) is 4.79 Å². The molecule has 0 amide bonds. The van der Waals surface area contributed by atoms with E-state index in [0.29, 0.717) is 5.56 Å². The standard InChI is InChI=1S/C14H10NO2P/c16-14(10-6-2-1-3-7-10)18-13-11-8-4-5-9-12(11)17-15-13/h1-9,18H. The van der Waals surface area contributed by atoms with E-state index < -0.39 is 0 Å². The van der Waals surface area contributed by atoms with Gasteiger partial charge in [-0.15, -0.1) is 0 Å². The lowest BCUT2D eigenvalue weighted by molar-refractivity contribution is 0.108. The molecule has 88 valence electrons. The normalized spacial score (nSPS) is 11.3. The Balaban J connectivity index is 1.91. The number of carbonyl (C=O) groups is 1. The highest BCUT2D eigenvalue weighted by atomic mass is 31.1. The van der Waals surface area contributed by atoms with Crippen LogP contribution in [0.1, 0.15) is 10.4 Å². The summed E-state index contributed by atoms with van der Waals surface area (Å²) in [4.78, 5) is 12.1. The average molecular weight is 255 g/mol. The van der Waals surface area contributed by atoms with Crippen LogP contribution in [0.3, 0.4) is 0 Å². The first-order valence-corrected chi connectivity index (χ1v) is 6.55. The molecule has 3 rings (SSSR count). The Kier molecular flexibility index (Phi) is 2.91. The summed E-state index contributed by atoms with van der Waals surface area (Å²) < 4.78 is 5.19. The number of fused-ring (bicyclic) bond motifs is 1. The van der Waals surface area contributed by atoms with Crippen LogP contribution in [0.5, 0.6) is 0 Å². The summed E-state index contributed by atoms with van der Waals surface area (Å²) in [6.07, 6.45) is 0. The average Bonchev–Trinajstić information content (AvgIpc) is 2.83. The molecule has 1 aromatic heterocycles. The van der Waals surface area contributed by atoms with Crippen molar-refractivity contribution in [2.45, 2.75) is 0 Å². The van der Waals surface area contributed by atoms with E-state index in [1.165, 1.54) is 0 Å². The van der Waals surface area contributed by atoms with Crippen LogP contribution in [0.25, 0.3) is 11.0 Å². The Hall–Kier alpha value is -1.99. The molecule has 4 heteroatoms. The molecule has 1 unspecified atom stereocenters. The number of hydrogen-bond donors (Lipinski definition) is 0. The third-order valence-corrected chi connectivity index (χ3v) is 3.76. The van der Waals surface area contributed by atoms with Gasteiger partial charge in [0.1, 0.15) is 5.44 Å². The number of benzene rings is 2. The Morgan fingerprint density at radius 2 is 1.72 bits per heavy atom. The van der Waals surface area contributed by atoms with Crippen molar-refractivity contribution < 1.29 is 9.32 Å². The molecule has 0 aliphatic carbocycles. The van der Waals surface area contributed by atoms with Crippen LogP contribution in [0.15, 0.2) is 59.1 Å². The quantitative estimate of drug-likeness (QED) is 0.676. The summed E-state index contributed by atoms with van der Waals surface area (Å²) in [6.45, 7) is 0. The van der Waals surface area contributed by atoms with Crippen molar-refractivity contribution in [3.8, 4) is 0 Å². The molecule has 1 atom stereocenters. The van der Waals surface area contributed by atoms with Crippen LogP contribution < -0.4 is 5.44 Å². The molecule has 0 N–H and O–H groups in total. The van der Waals surface area contributed by atoms with Crippen molar-refractivity contribution in [2.24, 2.45) is 0 Å². The van der Waals surface area contributed by atoms with Crippen molar-refractivity contribution in [2.75, 3.05) is 0 Å². The maximum atomic E-state index is 12.1. The van der Waals surface area contributed by atoms with E-state index in [0.717, 1.165) is 16.4 Å². The highest BCUT2D eigenvalue weighted by molar-refractivity contribution is 7.66. The molecule has 0 aliphatic rings. The second-order valence-corrected chi connectivity index (χ2v) is 5.03. The third-order valence-electron chi connectivity index (χ3n) is 2.65. The van der Waals surface area contributed by atoms with Gasteiger partial charge in [0, 0.05) is 19.5 Å². The summed E-state index contributed by atoms with van der Waals surface area (Å²) in [7, 11) is -0.00981. The first-order chi connectivity index (χ1) is 8.84. The SMILES string of the molecule is O=C(Pc1noc2ccccc12)c1ccccc1. The minimum absolute atomic E-state index is 0.00981. The van der Waals surface area contributed by atoms with Gasteiger partial charge in [-0.2, -0.15) is 0 Å². The van der Waals surface area contributed by atoms with E-state index >= 15 is 0 Å². The number of aromatic nitrogens is 1. The van der Waals surface area contributed by atoms with Crippen molar-refractivity contribution >= 4 is 30.5 Å². The Labute approximate surface area is 106 Å². The molecule has 0 saturated carbocycles. The first-order valence-electron chi connectivity index (χ1n) is 5.55.